The lowest BCUT2D eigenvalue weighted by atomic mass is 10.1. The Morgan fingerprint density at radius 3 is 3.00 bits per heavy atom. The number of hydrogen-bond acceptors (Lipinski definition) is 3. The number of fused-ring (bicyclic) bond motifs is 1. The van der Waals surface area contributed by atoms with Crippen molar-refractivity contribution in [1.29, 1.82) is 0 Å². The number of rotatable bonds is 4. The minimum atomic E-state index is -0.256. The minimum absolute atomic E-state index is 0.203. The van der Waals surface area contributed by atoms with Crippen LogP contribution in [0.4, 0.5) is 0 Å². The predicted octanol–water partition coefficient (Wildman–Crippen LogP) is 2.66. The molecule has 0 saturated heterocycles. The van der Waals surface area contributed by atoms with Crippen LogP contribution < -0.4 is 5.32 Å². The fraction of sp³-hybridized carbons (Fsp3) is 0.214. The average molecular weight is 259 g/mol. The van der Waals surface area contributed by atoms with Crippen molar-refractivity contribution in [3.63, 3.8) is 0 Å². The zero-order valence-electron chi connectivity index (χ0n) is 10.0. The van der Waals surface area contributed by atoms with Gasteiger partial charge in [-0.1, -0.05) is 24.1 Å². The van der Waals surface area contributed by atoms with Gasteiger partial charge in [0.2, 0.25) is 0 Å². The normalized spacial score (nSPS) is 10.2. The molecule has 0 bridgehead atoms. The number of amides is 1. The molecule has 0 aliphatic heterocycles. The van der Waals surface area contributed by atoms with Gasteiger partial charge in [-0.05, 0) is 12.3 Å². The number of terminal acetylenes is 1. The van der Waals surface area contributed by atoms with Crippen LogP contribution in [0.25, 0.3) is 11.0 Å². The summed E-state index contributed by atoms with van der Waals surface area (Å²) in [4.78, 5) is 12.0. The van der Waals surface area contributed by atoms with Gasteiger partial charge in [0.1, 0.15) is 5.58 Å². The van der Waals surface area contributed by atoms with Crippen LogP contribution in [0.3, 0.4) is 0 Å². The highest BCUT2D eigenvalue weighted by Gasteiger charge is 2.19. The second-order valence-electron chi connectivity index (χ2n) is 3.73. The summed E-state index contributed by atoms with van der Waals surface area (Å²) in [5.41, 5.74) is 1.65. The van der Waals surface area contributed by atoms with E-state index in [0.29, 0.717) is 5.76 Å². The molecule has 2 rings (SSSR count). The number of furan rings is 1. The molecule has 0 unspecified atom stereocenters. The van der Waals surface area contributed by atoms with Crippen molar-refractivity contribution in [2.45, 2.75) is 5.75 Å². The molecule has 0 aliphatic carbocycles. The van der Waals surface area contributed by atoms with Crippen LogP contribution in [0.2, 0.25) is 0 Å². The molecule has 1 heterocycles. The quantitative estimate of drug-likeness (QED) is 0.858. The molecule has 1 aromatic carbocycles. The van der Waals surface area contributed by atoms with Crippen LogP contribution in [-0.4, -0.2) is 18.7 Å². The van der Waals surface area contributed by atoms with E-state index in [1.807, 2.05) is 30.5 Å². The second-order valence-corrected chi connectivity index (χ2v) is 4.59. The third kappa shape index (κ3) is 2.36. The molecular weight excluding hydrogens is 246 g/mol. The molecule has 1 amide bonds. The monoisotopic (exact) mass is 259 g/mol. The Bertz CT molecular complexity index is 610. The first-order valence-corrected chi connectivity index (χ1v) is 6.88. The standard InChI is InChI=1S/C14H13NO2S/c1-3-8-15-14(16)13-11(9-18-2)10-6-4-5-7-12(10)17-13/h1,4-7H,8-9H2,2H3,(H,15,16). The third-order valence-corrected chi connectivity index (χ3v) is 3.12. The molecule has 0 aliphatic rings. The van der Waals surface area contributed by atoms with E-state index in [1.165, 1.54) is 0 Å². The van der Waals surface area contributed by atoms with E-state index in [0.717, 1.165) is 22.3 Å². The Kier molecular flexibility index (Phi) is 3.96. The molecule has 92 valence electrons. The van der Waals surface area contributed by atoms with Gasteiger partial charge in [-0.25, -0.2) is 0 Å². The Morgan fingerprint density at radius 2 is 2.28 bits per heavy atom. The van der Waals surface area contributed by atoms with Gasteiger partial charge >= 0.3 is 0 Å². The lowest BCUT2D eigenvalue weighted by molar-refractivity contribution is 0.0932. The Morgan fingerprint density at radius 1 is 1.50 bits per heavy atom. The highest BCUT2D eigenvalue weighted by Crippen LogP contribution is 2.28. The fourth-order valence-electron chi connectivity index (χ4n) is 1.78. The van der Waals surface area contributed by atoms with Gasteiger partial charge in [0, 0.05) is 16.7 Å². The van der Waals surface area contributed by atoms with Crippen LogP contribution in [0.1, 0.15) is 16.1 Å². The predicted molar refractivity (Wildman–Crippen MR) is 74.6 cm³/mol. The molecule has 4 heteroatoms. The van der Waals surface area contributed by atoms with Crippen molar-refractivity contribution >= 4 is 28.6 Å². The summed E-state index contributed by atoms with van der Waals surface area (Å²) in [5.74, 6) is 3.21. The third-order valence-electron chi connectivity index (χ3n) is 2.54. The number of carbonyl (C=O) groups is 1. The largest absolute Gasteiger partial charge is 0.451 e. The van der Waals surface area contributed by atoms with Crippen LogP contribution in [0, 0.1) is 12.3 Å². The first kappa shape index (κ1) is 12.6. The summed E-state index contributed by atoms with van der Waals surface area (Å²) in [5, 5.41) is 3.61. The van der Waals surface area contributed by atoms with Gasteiger partial charge in [-0.3, -0.25) is 4.79 Å². The highest BCUT2D eigenvalue weighted by atomic mass is 32.2. The van der Waals surface area contributed by atoms with Crippen molar-refractivity contribution in [3.05, 3.63) is 35.6 Å². The van der Waals surface area contributed by atoms with Crippen molar-refractivity contribution in [2.75, 3.05) is 12.8 Å². The molecule has 1 N–H and O–H groups in total. The highest BCUT2D eigenvalue weighted by molar-refractivity contribution is 7.97. The van der Waals surface area contributed by atoms with Gasteiger partial charge in [-0.15, -0.1) is 6.42 Å². The molecule has 18 heavy (non-hydrogen) atoms. The zero-order valence-corrected chi connectivity index (χ0v) is 10.8. The smallest absolute Gasteiger partial charge is 0.288 e. The Balaban J connectivity index is 2.45. The maximum Gasteiger partial charge on any atom is 0.288 e. The minimum Gasteiger partial charge on any atom is -0.451 e. The molecule has 0 radical (unpaired) electrons. The van der Waals surface area contributed by atoms with Crippen molar-refractivity contribution in [2.24, 2.45) is 0 Å². The summed E-state index contributed by atoms with van der Waals surface area (Å²) in [6.07, 6.45) is 7.12. The topological polar surface area (TPSA) is 42.2 Å². The number of para-hydroxylation sites is 1. The number of benzene rings is 1. The van der Waals surface area contributed by atoms with Crippen molar-refractivity contribution in [1.82, 2.24) is 5.32 Å². The molecule has 0 spiro atoms. The fourth-order valence-corrected chi connectivity index (χ4v) is 2.36. The number of hydrogen-bond donors (Lipinski definition) is 1. The maximum atomic E-state index is 12.0. The SMILES string of the molecule is C#CCNC(=O)c1oc2ccccc2c1CSC. The van der Waals surface area contributed by atoms with Crippen LogP contribution >= 0.6 is 11.8 Å². The van der Waals surface area contributed by atoms with Crippen molar-refractivity contribution < 1.29 is 9.21 Å². The molecular formula is C14H13NO2S. The van der Waals surface area contributed by atoms with Gasteiger partial charge in [0.25, 0.3) is 5.91 Å². The van der Waals surface area contributed by atoms with E-state index < -0.39 is 0 Å². The van der Waals surface area contributed by atoms with Crippen LogP contribution in [-0.2, 0) is 5.75 Å². The van der Waals surface area contributed by atoms with E-state index in [-0.39, 0.29) is 12.5 Å². The molecule has 2 aromatic rings. The maximum absolute atomic E-state index is 12.0. The average Bonchev–Trinajstić information content (AvgIpc) is 2.76. The van der Waals surface area contributed by atoms with Gasteiger partial charge in [0.05, 0.1) is 6.54 Å². The van der Waals surface area contributed by atoms with E-state index >= 15 is 0 Å². The summed E-state index contributed by atoms with van der Waals surface area (Å²) in [6.45, 7) is 0.203. The van der Waals surface area contributed by atoms with Gasteiger partial charge in [0.15, 0.2) is 5.76 Å². The zero-order chi connectivity index (χ0) is 13.0. The summed E-state index contributed by atoms with van der Waals surface area (Å²) in [7, 11) is 0. The van der Waals surface area contributed by atoms with Crippen molar-refractivity contribution in [3.8, 4) is 12.3 Å². The Hall–Kier alpha value is -1.86. The number of thioether (sulfide) groups is 1. The first-order chi connectivity index (χ1) is 8.77. The summed E-state index contributed by atoms with van der Waals surface area (Å²) >= 11 is 1.65. The van der Waals surface area contributed by atoms with E-state index in [1.54, 1.807) is 11.8 Å². The summed E-state index contributed by atoms with van der Waals surface area (Å²) < 4.78 is 5.62. The molecule has 3 nitrogen and oxygen atoms in total. The number of nitrogens with one attached hydrogen (secondary N) is 1. The van der Waals surface area contributed by atoms with E-state index in [4.69, 9.17) is 10.8 Å². The lowest BCUT2D eigenvalue weighted by Crippen LogP contribution is -2.23. The number of carbonyl (C=O) groups excluding carboxylic acids is 1. The molecule has 1 aromatic heterocycles. The first-order valence-electron chi connectivity index (χ1n) is 5.49. The van der Waals surface area contributed by atoms with Gasteiger partial charge in [-0.2, -0.15) is 11.8 Å². The van der Waals surface area contributed by atoms with Gasteiger partial charge < -0.3 is 9.73 Å². The summed E-state index contributed by atoms with van der Waals surface area (Å²) in [6, 6.07) is 7.64. The Labute approximate surface area is 110 Å². The second kappa shape index (κ2) is 5.65. The molecule has 0 fully saturated rings. The van der Waals surface area contributed by atoms with Crippen LogP contribution in [0.15, 0.2) is 28.7 Å². The molecule has 0 atom stereocenters. The molecule has 0 saturated carbocycles. The van der Waals surface area contributed by atoms with E-state index in [2.05, 4.69) is 11.2 Å². The van der Waals surface area contributed by atoms with E-state index in [9.17, 15) is 4.79 Å². The van der Waals surface area contributed by atoms with Crippen LogP contribution in [0.5, 0.6) is 0 Å². The lowest BCUT2D eigenvalue weighted by Gasteiger charge is -2.01.